The number of piperidine rings is 1. The molecule has 0 spiro atoms. The van der Waals surface area contributed by atoms with Gasteiger partial charge in [-0.25, -0.2) is 4.98 Å². The quantitative estimate of drug-likeness (QED) is 0.891. The number of hydrogen-bond acceptors (Lipinski definition) is 4. The summed E-state index contributed by atoms with van der Waals surface area (Å²) in [7, 11) is 2.01. The van der Waals surface area contributed by atoms with Crippen LogP contribution in [-0.4, -0.2) is 24.6 Å². The molecule has 2 fully saturated rings. The third kappa shape index (κ3) is 1.97. The van der Waals surface area contributed by atoms with Crippen LogP contribution in [0.15, 0.2) is 0 Å². The first-order chi connectivity index (χ1) is 8.31. The maximum absolute atomic E-state index is 4.85. The van der Waals surface area contributed by atoms with Crippen molar-refractivity contribution in [2.24, 2.45) is 5.92 Å². The first-order valence-corrected chi connectivity index (χ1v) is 7.53. The van der Waals surface area contributed by atoms with Gasteiger partial charge in [0, 0.05) is 24.0 Å². The Morgan fingerprint density at radius 1 is 1.47 bits per heavy atom. The Labute approximate surface area is 107 Å². The van der Waals surface area contributed by atoms with E-state index in [9.17, 15) is 0 Å². The average molecular weight is 251 g/mol. The highest BCUT2D eigenvalue weighted by atomic mass is 32.1. The second kappa shape index (κ2) is 4.58. The van der Waals surface area contributed by atoms with Gasteiger partial charge in [0.1, 0.15) is 0 Å². The molecule has 1 N–H and O–H groups in total. The minimum atomic E-state index is 0.790. The molecule has 17 heavy (non-hydrogen) atoms. The molecule has 1 aliphatic carbocycles. The Bertz CT molecular complexity index is 401. The van der Waals surface area contributed by atoms with E-state index >= 15 is 0 Å². The van der Waals surface area contributed by atoms with Crippen molar-refractivity contribution < 1.29 is 0 Å². The predicted molar refractivity (Wildman–Crippen MR) is 72.7 cm³/mol. The second-order valence-electron chi connectivity index (χ2n) is 5.24. The summed E-state index contributed by atoms with van der Waals surface area (Å²) in [6.45, 7) is 4.41. The standard InChI is InChI=1S/C13H21N3S/c1-3-11-12(7-14-2)17-13(15-11)16-8-9-4-5-10(16)6-9/h9-10,14H,3-8H2,1-2H3. The van der Waals surface area contributed by atoms with Gasteiger partial charge < -0.3 is 10.2 Å². The smallest absolute Gasteiger partial charge is 0.186 e. The monoisotopic (exact) mass is 251 g/mol. The zero-order chi connectivity index (χ0) is 11.8. The molecular weight excluding hydrogens is 230 g/mol. The first-order valence-electron chi connectivity index (χ1n) is 6.71. The van der Waals surface area contributed by atoms with Gasteiger partial charge in [0.2, 0.25) is 0 Å². The van der Waals surface area contributed by atoms with Crippen LogP contribution in [-0.2, 0) is 13.0 Å². The Kier molecular flexibility index (Phi) is 3.09. The molecule has 2 unspecified atom stereocenters. The molecule has 1 saturated heterocycles. The SMILES string of the molecule is CCc1nc(N2CC3CCC2C3)sc1CNC. The lowest BCUT2D eigenvalue weighted by Gasteiger charge is -2.26. The highest BCUT2D eigenvalue weighted by Gasteiger charge is 2.39. The Morgan fingerprint density at radius 3 is 2.94 bits per heavy atom. The van der Waals surface area contributed by atoms with Crippen LogP contribution in [0.2, 0.25) is 0 Å². The third-order valence-electron chi connectivity index (χ3n) is 4.09. The topological polar surface area (TPSA) is 28.2 Å². The molecule has 2 aliphatic rings. The Hall–Kier alpha value is -0.610. The summed E-state index contributed by atoms with van der Waals surface area (Å²) in [6.07, 6.45) is 5.28. The summed E-state index contributed by atoms with van der Waals surface area (Å²) in [5, 5.41) is 4.53. The van der Waals surface area contributed by atoms with Crippen LogP contribution in [0.1, 0.15) is 36.8 Å². The van der Waals surface area contributed by atoms with Crippen molar-refractivity contribution in [2.75, 3.05) is 18.5 Å². The maximum atomic E-state index is 4.85. The van der Waals surface area contributed by atoms with Gasteiger partial charge in [0.15, 0.2) is 5.13 Å². The van der Waals surface area contributed by atoms with Crippen molar-refractivity contribution in [1.82, 2.24) is 10.3 Å². The molecule has 3 rings (SSSR count). The van der Waals surface area contributed by atoms with E-state index in [-0.39, 0.29) is 0 Å². The van der Waals surface area contributed by atoms with Crippen LogP contribution < -0.4 is 10.2 Å². The fourth-order valence-corrected chi connectivity index (χ4v) is 4.47. The van der Waals surface area contributed by atoms with E-state index in [1.165, 1.54) is 41.5 Å². The Morgan fingerprint density at radius 2 is 2.35 bits per heavy atom. The van der Waals surface area contributed by atoms with Gasteiger partial charge in [0.25, 0.3) is 0 Å². The largest absolute Gasteiger partial charge is 0.345 e. The lowest BCUT2D eigenvalue weighted by Crippen LogP contribution is -2.31. The lowest BCUT2D eigenvalue weighted by molar-refractivity contribution is 0.552. The second-order valence-corrected chi connectivity index (χ2v) is 6.30. The van der Waals surface area contributed by atoms with Crippen molar-refractivity contribution in [3.05, 3.63) is 10.6 Å². The van der Waals surface area contributed by atoms with E-state index in [1.807, 2.05) is 18.4 Å². The summed E-state index contributed by atoms with van der Waals surface area (Å²) in [5.41, 5.74) is 1.29. The number of nitrogens with zero attached hydrogens (tertiary/aromatic N) is 2. The molecule has 1 aromatic heterocycles. The summed E-state index contributed by atoms with van der Waals surface area (Å²) < 4.78 is 0. The minimum absolute atomic E-state index is 0.790. The molecule has 2 atom stereocenters. The number of hydrogen-bond donors (Lipinski definition) is 1. The molecule has 2 heterocycles. The van der Waals surface area contributed by atoms with Crippen LogP contribution >= 0.6 is 11.3 Å². The van der Waals surface area contributed by atoms with Crippen molar-refractivity contribution >= 4 is 16.5 Å². The van der Waals surface area contributed by atoms with Crippen molar-refractivity contribution in [3.8, 4) is 0 Å². The average Bonchev–Trinajstić information content (AvgIpc) is 3.02. The van der Waals surface area contributed by atoms with Gasteiger partial charge in [0.05, 0.1) is 5.69 Å². The predicted octanol–water partition coefficient (Wildman–Crippen LogP) is 2.41. The van der Waals surface area contributed by atoms with E-state index in [0.29, 0.717) is 0 Å². The number of thiazole rings is 1. The first kappa shape index (κ1) is 11.5. The fraction of sp³-hybridized carbons (Fsp3) is 0.769. The van der Waals surface area contributed by atoms with Crippen LogP contribution in [0.25, 0.3) is 0 Å². The van der Waals surface area contributed by atoms with Gasteiger partial charge in [-0.3, -0.25) is 0 Å². The number of nitrogens with one attached hydrogen (secondary N) is 1. The third-order valence-corrected chi connectivity index (χ3v) is 5.23. The number of anilines is 1. The molecule has 0 radical (unpaired) electrons. The van der Waals surface area contributed by atoms with E-state index in [2.05, 4.69) is 17.1 Å². The highest BCUT2D eigenvalue weighted by molar-refractivity contribution is 7.15. The van der Waals surface area contributed by atoms with Gasteiger partial charge in [-0.15, -0.1) is 11.3 Å². The molecule has 2 bridgehead atoms. The summed E-state index contributed by atoms with van der Waals surface area (Å²) in [6, 6.07) is 0.790. The van der Waals surface area contributed by atoms with Crippen LogP contribution in [0.4, 0.5) is 5.13 Å². The normalized spacial score (nSPS) is 27.1. The number of aromatic nitrogens is 1. The number of rotatable bonds is 4. The molecular formula is C13H21N3S. The van der Waals surface area contributed by atoms with Crippen molar-refractivity contribution in [2.45, 2.75) is 45.2 Å². The minimum Gasteiger partial charge on any atom is -0.345 e. The van der Waals surface area contributed by atoms with E-state index < -0.39 is 0 Å². The fourth-order valence-electron chi connectivity index (χ4n) is 3.23. The van der Waals surface area contributed by atoms with Gasteiger partial charge in [-0.05, 0) is 38.6 Å². The van der Waals surface area contributed by atoms with Crippen LogP contribution in [0.5, 0.6) is 0 Å². The maximum Gasteiger partial charge on any atom is 0.186 e. The molecule has 0 aromatic carbocycles. The number of fused-ring (bicyclic) bond motifs is 2. The van der Waals surface area contributed by atoms with Gasteiger partial charge in [-0.2, -0.15) is 0 Å². The lowest BCUT2D eigenvalue weighted by atomic mass is 10.1. The molecule has 3 nitrogen and oxygen atoms in total. The molecule has 4 heteroatoms. The molecule has 1 aliphatic heterocycles. The van der Waals surface area contributed by atoms with Crippen molar-refractivity contribution in [3.63, 3.8) is 0 Å². The van der Waals surface area contributed by atoms with Gasteiger partial charge in [-0.1, -0.05) is 6.92 Å². The highest BCUT2D eigenvalue weighted by Crippen LogP contribution is 2.41. The van der Waals surface area contributed by atoms with E-state index in [0.717, 1.165) is 24.9 Å². The van der Waals surface area contributed by atoms with E-state index in [1.54, 1.807) is 0 Å². The van der Waals surface area contributed by atoms with Crippen molar-refractivity contribution in [1.29, 1.82) is 0 Å². The molecule has 94 valence electrons. The summed E-state index contributed by atoms with van der Waals surface area (Å²) in [5.74, 6) is 0.946. The van der Waals surface area contributed by atoms with Crippen LogP contribution in [0.3, 0.4) is 0 Å². The number of aryl methyl sites for hydroxylation is 1. The Balaban J connectivity index is 1.83. The zero-order valence-electron chi connectivity index (χ0n) is 10.7. The summed E-state index contributed by atoms with van der Waals surface area (Å²) >= 11 is 1.90. The van der Waals surface area contributed by atoms with Gasteiger partial charge >= 0.3 is 0 Å². The molecule has 1 saturated carbocycles. The zero-order valence-corrected chi connectivity index (χ0v) is 11.5. The molecule has 1 aromatic rings. The van der Waals surface area contributed by atoms with E-state index in [4.69, 9.17) is 4.98 Å². The summed E-state index contributed by atoms with van der Waals surface area (Å²) in [4.78, 5) is 8.84. The molecule has 0 amide bonds. The van der Waals surface area contributed by atoms with Crippen LogP contribution in [0, 0.1) is 5.92 Å².